The molecule has 0 aromatic carbocycles. The summed E-state index contributed by atoms with van der Waals surface area (Å²) in [5.41, 5.74) is 0. The highest BCUT2D eigenvalue weighted by Gasteiger charge is 1.99. The molecule has 0 saturated heterocycles. The van der Waals surface area contributed by atoms with Crippen molar-refractivity contribution in [3.05, 3.63) is 12.3 Å². The summed E-state index contributed by atoms with van der Waals surface area (Å²) in [6.45, 7) is 0. The van der Waals surface area contributed by atoms with Crippen LogP contribution < -0.4 is 5.32 Å². The van der Waals surface area contributed by atoms with Gasteiger partial charge in [-0.15, -0.1) is 0 Å². The highest BCUT2D eigenvalue weighted by atomic mass is 16.4. The lowest BCUT2D eigenvalue weighted by atomic mass is 10.6. The van der Waals surface area contributed by atoms with Gasteiger partial charge in [-0.1, -0.05) is 0 Å². The van der Waals surface area contributed by atoms with Gasteiger partial charge in [-0.05, 0) is 0 Å². The van der Waals surface area contributed by atoms with E-state index in [0.717, 1.165) is 0 Å². The van der Waals surface area contributed by atoms with E-state index in [4.69, 9.17) is 5.11 Å². The molecule has 1 aromatic heterocycles. The molecule has 0 aliphatic carbocycles. The summed E-state index contributed by atoms with van der Waals surface area (Å²) in [4.78, 5) is 10.1. The average molecular weight is 141 g/mol. The molecule has 0 aliphatic heterocycles. The molecule has 5 nitrogen and oxygen atoms in total. The van der Waals surface area contributed by atoms with Crippen LogP contribution in [0, 0.1) is 0 Å². The number of aryl methyl sites for hydroxylation is 1. The van der Waals surface area contributed by atoms with Gasteiger partial charge in [0.2, 0.25) is 0 Å². The minimum atomic E-state index is -1.08. The van der Waals surface area contributed by atoms with Crippen LogP contribution in [-0.4, -0.2) is 21.0 Å². The van der Waals surface area contributed by atoms with Gasteiger partial charge in [-0.3, -0.25) is 10.00 Å². The van der Waals surface area contributed by atoms with Gasteiger partial charge in [-0.25, -0.2) is 4.79 Å². The quantitative estimate of drug-likeness (QED) is 0.598. The van der Waals surface area contributed by atoms with E-state index in [0.29, 0.717) is 5.82 Å². The molecule has 0 spiro atoms. The van der Waals surface area contributed by atoms with Crippen molar-refractivity contribution in [3.8, 4) is 0 Å². The van der Waals surface area contributed by atoms with E-state index in [1.807, 2.05) is 0 Å². The highest BCUT2D eigenvalue weighted by Crippen LogP contribution is 2.01. The van der Waals surface area contributed by atoms with Crippen LogP contribution in [0.2, 0.25) is 0 Å². The fraction of sp³-hybridized carbons (Fsp3) is 0.200. The molecule has 1 rings (SSSR count). The molecule has 1 heterocycles. The number of carboxylic acid groups (broad SMARTS) is 1. The smallest absolute Gasteiger partial charge is 0.410 e. The minimum Gasteiger partial charge on any atom is -0.465 e. The molecule has 54 valence electrons. The van der Waals surface area contributed by atoms with Crippen molar-refractivity contribution in [2.75, 3.05) is 5.32 Å². The van der Waals surface area contributed by atoms with Crippen LogP contribution in [0.5, 0.6) is 0 Å². The third kappa shape index (κ3) is 1.25. The van der Waals surface area contributed by atoms with Crippen molar-refractivity contribution in [3.63, 3.8) is 0 Å². The predicted octanol–water partition coefficient (Wildman–Crippen LogP) is 0.510. The maximum atomic E-state index is 10.1. The van der Waals surface area contributed by atoms with Crippen molar-refractivity contribution < 1.29 is 9.90 Å². The number of amides is 1. The standard InChI is InChI=1S/C5H7N3O2/c1-8-4(2-3-6-8)7-5(9)10/h2-3,7H,1H3,(H,9,10). The molecule has 1 amide bonds. The van der Waals surface area contributed by atoms with Crippen molar-refractivity contribution in [1.82, 2.24) is 9.78 Å². The summed E-state index contributed by atoms with van der Waals surface area (Å²) in [6.07, 6.45) is 0.439. The molecule has 1 aromatic rings. The Labute approximate surface area is 57.3 Å². The fourth-order valence-corrected chi connectivity index (χ4v) is 0.606. The van der Waals surface area contributed by atoms with E-state index < -0.39 is 6.09 Å². The average Bonchev–Trinajstić information content (AvgIpc) is 2.15. The van der Waals surface area contributed by atoms with Gasteiger partial charge >= 0.3 is 6.09 Å². The molecule has 0 fully saturated rings. The summed E-state index contributed by atoms with van der Waals surface area (Å²) >= 11 is 0. The van der Waals surface area contributed by atoms with Gasteiger partial charge in [0, 0.05) is 13.1 Å². The van der Waals surface area contributed by atoms with Gasteiger partial charge in [0.05, 0.1) is 6.20 Å². The van der Waals surface area contributed by atoms with Crippen molar-refractivity contribution in [1.29, 1.82) is 0 Å². The van der Waals surface area contributed by atoms with E-state index in [1.165, 1.54) is 10.9 Å². The molecular weight excluding hydrogens is 134 g/mol. The summed E-state index contributed by atoms with van der Waals surface area (Å²) in [5.74, 6) is 0.465. The van der Waals surface area contributed by atoms with E-state index in [-0.39, 0.29) is 0 Å². The molecule has 0 radical (unpaired) electrons. The van der Waals surface area contributed by atoms with Crippen molar-refractivity contribution in [2.24, 2.45) is 7.05 Å². The zero-order valence-electron chi connectivity index (χ0n) is 5.40. The Morgan fingerprint density at radius 1 is 1.90 bits per heavy atom. The van der Waals surface area contributed by atoms with Gasteiger partial charge < -0.3 is 5.11 Å². The summed E-state index contributed by atoms with van der Waals surface area (Å²) in [5, 5.41) is 14.2. The molecular formula is C5H7N3O2. The Morgan fingerprint density at radius 3 is 3.00 bits per heavy atom. The lowest BCUT2D eigenvalue weighted by Gasteiger charge is -1.98. The number of hydrogen-bond donors (Lipinski definition) is 2. The second-order valence-electron chi connectivity index (χ2n) is 1.77. The second-order valence-corrected chi connectivity index (χ2v) is 1.77. The number of anilines is 1. The van der Waals surface area contributed by atoms with Crippen LogP contribution in [0.15, 0.2) is 12.3 Å². The van der Waals surface area contributed by atoms with Gasteiger partial charge in [0.15, 0.2) is 0 Å². The molecule has 0 saturated carbocycles. The first-order valence-corrected chi connectivity index (χ1v) is 2.68. The van der Waals surface area contributed by atoms with Crippen LogP contribution in [0.25, 0.3) is 0 Å². The number of rotatable bonds is 1. The normalized spacial score (nSPS) is 9.30. The Kier molecular flexibility index (Phi) is 1.57. The van der Waals surface area contributed by atoms with E-state index in [9.17, 15) is 4.79 Å². The monoisotopic (exact) mass is 141 g/mol. The van der Waals surface area contributed by atoms with E-state index in [1.54, 1.807) is 13.1 Å². The molecule has 5 heteroatoms. The van der Waals surface area contributed by atoms with Gasteiger partial charge in [0.1, 0.15) is 5.82 Å². The first-order valence-electron chi connectivity index (χ1n) is 2.68. The molecule has 0 atom stereocenters. The number of carbonyl (C=O) groups is 1. The van der Waals surface area contributed by atoms with Crippen molar-refractivity contribution in [2.45, 2.75) is 0 Å². The highest BCUT2D eigenvalue weighted by molar-refractivity contribution is 5.81. The molecule has 0 unspecified atom stereocenters. The van der Waals surface area contributed by atoms with Crippen LogP contribution in [0.1, 0.15) is 0 Å². The molecule has 0 aliphatic rings. The van der Waals surface area contributed by atoms with Gasteiger partial charge in [-0.2, -0.15) is 5.10 Å². The predicted molar refractivity (Wildman–Crippen MR) is 34.9 cm³/mol. The lowest BCUT2D eigenvalue weighted by molar-refractivity contribution is 0.209. The summed E-state index contributed by atoms with van der Waals surface area (Å²) < 4.78 is 1.44. The molecule has 2 N–H and O–H groups in total. The Hall–Kier alpha value is -1.52. The third-order valence-corrected chi connectivity index (χ3v) is 1.06. The first-order chi connectivity index (χ1) is 4.70. The third-order valence-electron chi connectivity index (χ3n) is 1.06. The number of aromatic nitrogens is 2. The number of nitrogens with zero attached hydrogens (tertiary/aromatic N) is 2. The fourth-order valence-electron chi connectivity index (χ4n) is 0.606. The molecule has 10 heavy (non-hydrogen) atoms. The summed E-state index contributed by atoms with van der Waals surface area (Å²) in [6, 6.07) is 1.58. The maximum Gasteiger partial charge on any atom is 0.410 e. The van der Waals surface area contributed by atoms with Crippen LogP contribution in [0.3, 0.4) is 0 Å². The zero-order chi connectivity index (χ0) is 7.56. The van der Waals surface area contributed by atoms with Gasteiger partial charge in [0.25, 0.3) is 0 Å². The second kappa shape index (κ2) is 2.38. The maximum absolute atomic E-state index is 10.1. The van der Waals surface area contributed by atoms with Crippen LogP contribution >= 0.6 is 0 Å². The SMILES string of the molecule is Cn1nccc1NC(=O)O. The first kappa shape index (κ1) is 6.60. The summed E-state index contributed by atoms with van der Waals surface area (Å²) in [7, 11) is 1.66. The Balaban J connectivity index is 2.74. The molecule has 0 bridgehead atoms. The Bertz CT molecular complexity index is 243. The lowest BCUT2D eigenvalue weighted by Crippen LogP contribution is -2.10. The van der Waals surface area contributed by atoms with Crippen LogP contribution in [0.4, 0.5) is 10.6 Å². The van der Waals surface area contributed by atoms with E-state index in [2.05, 4.69) is 10.4 Å². The van der Waals surface area contributed by atoms with Crippen molar-refractivity contribution >= 4 is 11.9 Å². The number of nitrogens with one attached hydrogen (secondary N) is 1. The largest absolute Gasteiger partial charge is 0.465 e. The minimum absolute atomic E-state index is 0.465. The number of hydrogen-bond acceptors (Lipinski definition) is 2. The topological polar surface area (TPSA) is 67.2 Å². The Morgan fingerprint density at radius 2 is 2.60 bits per heavy atom. The van der Waals surface area contributed by atoms with Crippen LogP contribution in [-0.2, 0) is 7.05 Å². The van der Waals surface area contributed by atoms with E-state index >= 15 is 0 Å². The zero-order valence-corrected chi connectivity index (χ0v) is 5.40.